The molecule has 0 saturated carbocycles. The number of carbonyl (C=O) groups excluding carboxylic acids is 2. The Morgan fingerprint density at radius 1 is 1.14 bits per heavy atom. The van der Waals surface area contributed by atoms with Crippen molar-refractivity contribution in [3.8, 4) is 0 Å². The topological polar surface area (TPSA) is 52.6 Å². The van der Waals surface area contributed by atoms with Gasteiger partial charge in [-0.25, -0.2) is 0 Å². The average molecular weight is 361 g/mol. The molecule has 0 rings (SSSR count). The SMILES string of the molecule is C=CCCCCC(CC(=C)Br)(C(=O)OCC)C(=O)OCC. The summed E-state index contributed by atoms with van der Waals surface area (Å²) in [6.45, 7) is 11.3. The fourth-order valence-electron chi connectivity index (χ4n) is 2.10. The van der Waals surface area contributed by atoms with Crippen LogP contribution in [-0.2, 0) is 19.1 Å². The van der Waals surface area contributed by atoms with Crippen LogP contribution in [-0.4, -0.2) is 25.2 Å². The van der Waals surface area contributed by atoms with Crippen molar-refractivity contribution in [2.24, 2.45) is 5.41 Å². The van der Waals surface area contributed by atoms with E-state index >= 15 is 0 Å². The van der Waals surface area contributed by atoms with Gasteiger partial charge in [-0.15, -0.1) is 6.58 Å². The van der Waals surface area contributed by atoms with E-state index < -0.39 is 17.4 Å². The van der Waals surface area contributed by atoms with Crippen LogP contribution >= 0.6 is 15.9 Å². The largest absolute Gasteiger partial charge is 0.465 e. The molecular formula is C16H25BrO4. The molecule has 0 aliphatic carbocycles. The zero-order valence-electron chi connectivity index (χ0n) is 13.0. The Kier molecular flexibility index (Phi) is 10.0. The number of halogens is 1. The minimum Gasteiger partial charge on any atom is -0.465 e. The van der Waals surface area contributed by atoms with Gasteiger partial charge in [-0.1, -0.05) is 35.0 Å². The maximum Gasteiger partial charge on any atom is 0.323 e. The lowest BCUT2D eigenvalue weighted by Gasteiger charge is -2.29. The van der Waals surface area contributed by atoms with E-state index in [1.54, 1.807) is 13.8 Å². The average Bonchev–Trinajstić information content (AvgIpc) is 2.42. The lowest BCUT2D eigenvalue weighted by molar-refractivity contribution is -0.172. The van der Waals surface area contributed by atoms with Gasteiger partial charge in [0.1, 0.15) is 0 Å². The number of allylic oxidation sites excluding steroid dienone is 2. The summed E-state index contributed by atoms with van der Waals surface area (Å²) in [7, 11) is 0. The van der Waals surface area contributed by atoms with Gasteiger partial charge in [-0.3, -0.25) is 9.59 Å². The molecule has 0 aromatic carbocycles. The number of hydrogen-bond acceptors (Lipinski definition) is 4. The smallest absolute Gasteiger partial charge is 0.323 e. The molecule has 0 spiro atoms. The van der Waals surface area contributed by atoms with Crippen molar-refractivity contribution in [3.63, 3.8) is 0 Å². The number of hydrogen-bond donors (Lipinski definition) is 0. The van der Waals surface area contributed by atoms with E-state index in [-0.39, 0.29) is 19.6 Å². The molecule has 0 amide bonds. The van der Waals surface area contributed by atoms with Gasteiger partial charge in [0.25, 0.3) is 0 Å². The zero-order valence-corrected chi connectivity index (χ0v) is 14.5. The van der Waals surface area contributed by atoms with E-state index in [2.05, 4.69) is 29.1 Å². The molecule has 0 aromatic rings. The van der Waals surface area contributed by atoms with Crippen LogP contribution in [0.4, 0.5) is 0 Å². The van der Waals surface area contributed by atoms with Crippen molar-refractivity contribution in [1.82, 2.24) is 0 Å². The second kappa shape index (κ2) is 10.6. The molecule has 21 heavy (non-hydrogen) atoms. The number of esters is 2. The first-order valence-electron chi connectivity index (χ1n) is 7.23. The van der Waals surface area contributed by atoms with Gasteiger partial charge >= 0.3 is 11.9 Å². The third-order valence-corrected chi connectivity index (χ3v) is 3.37. The van der Waals surface area contributed by atoms with Gasteiger partial charge in [-0.2, -0.15) is 0 Å². The van der Waals surface area contributed by atoms with Gasteiger partial charge < -0.3 is 9.47 Å². The lowest BCUT2D eigenvalue weighted by Crippen LogP contribution is -2.42. The summed E-state index contributed by atoms with van der Waals surface area (Å²) < 4.78 is 10.8. The molecule has 0 heterocycles. The molecule has 0 aromatic heterocycles. The number of ether oxygens (including phenoxy) is 2. The fourth-order valence-corrected chi connectivity index (χ4v) is 2.58. The Morgan fingerprint density at radius 3 is 2.05 bits per heavy atom. The van der Waals surface area contributed by atoms with Crippen LogP contribution in [0.3, 0.4) is 0 Å². The molecular weight excluding hydrogens is 336 g/mol. The Bertz CT molecular complexity index is 358. The summed E-state index contributed by atoms with van der Waals surface area (Å²) in [6, 6.07) is 0. The zero-order chi connectivity index (χ0) is 16.3. The van der Waals surface area contributed by atoms with Crippen molar-refractivity contribution < 1.29 is 19.1 Å². The van der Waals surface area contributed by atoms with Crippen LogP contribution in [0.2, 0.25) is 0 Å². The maximum atomic E-state index is 12.4. The monoisotopic (exact) mass is 360 g/mol. The summed E-state index contributed by atoms with van der Waals surface area (Å²) in [6.07, 6.45) is 4.79. The van der Waals surface area contributed by atoms with Gasteiger partial charge in [-0.05, 0) is 37.6 Å². The van der Waals surface area contributed by atoms with Gasteiger partial charge in [0.15, 0.2) is 5.41 Å². The third kappa shape index (κ3) is 6.46. The maximum absolute atomic E-state index is 12.4. The lowest BCUT2D eigenvalue weighted by atomic mass is 9.79. The van der Waals surface area contributed by atoms with Crippen LogP contribution in [0.25, 0.3) is 0 Å². The van der Waals surface area contributed by atoms with E-state index in [0.29, 0.717) is 17.3 Å². The van der Waals surface area contributed by atoms with Crippen molar-refractivity contribution in [3.05, 3.63) is 23.7 Å². The molecule has 0 aliphatic heterocycles. The molecule has 0 fully saturated rings. The molecule has 0 aliphatic rings. The molecule has 0 unspecified atom stereocenters. The number of carbonyl (C=O) groups is 2. The molecule has 0 atom stereocenters. The highest BCUT2D eigenvalue weighted by Gasteiger charge is 2.48. The van der Waals surface area contributed by atoms with Crippen molar-refractivity contribution in [2.45, 2.75) is 46.0 Å². The van der Waals surface area contributed by atoms with Crippen LogP contribution < -0.4 is 0 Å². The number of rotatable bonds is 11. The molecule has 0 saturated heterocycles. The first-order chi connectivity index (χ1) is 9.94. The summed E-state index contributed by atoms with van der Waals surface area (Å²) in [5, 5.41) is 0. The Hall–Kier alpha value is -1.10. The molecule has 120 valence electrons. The van der Waals surface area contributed by atoms with E-state index in [9.17, 15) is 9.59 Å². The van der Waals surface area contributed by atoms with Gasteiger partial charge in [0.2, 0.25) is 0 Å². The molecule has 0 N–H and O–H groups in total. The normalized spacial score (nSPS) is 10.8. The van der Waals surface area contributed by atoms with Crippen molar-refractivity contribution in [1.29, 1.82) is 0 Å². The standard InChI is InChI=1S/C16H25BrO4/c1-5-8-9-10-11-16(12-13(4)17,14(18)20-6-2)15(19)21-7-3/h5H,1,4,6-12H2,2-3H3. The van der Waals surface area contributed by atoms with Crippen molar-refractivity contribution >= 4 is 27.9 Å². The predicted molar refractivity (Wildman–Crippen MR) is 87.0 cm³/mol. The fraction of sp³-hybridized carbons (Fsp3) is 0.625. The highest BCUT2D eigenvalue weighted by molar-refractivity contribution is 9.11. The van der Waals surface area contributed by atoms with Crippen LogP contribution in [0.15, 0.2) is 23.7 Å². The van der Waals surface area contributed by atoms with Crippen molar-refractivity contribution in [2.75, 3.05) is 13.2 Å². The van der Waals surface area contributed by atoms with Crippen LogP contribution in [0, 0.1) is 5.41 Å². The molecule has 0 bridgehead atoms. The number of unbranched alkanes of at least 4 members (excludes halogenated alkanes) is 2. The van der Waals surface area contributed by atoms with E-state index in [4.69, 9.17) is 9.47 Å². The highest BCUT2D eigenvalue weighted by Crippen LogP contribution is 2.37. The predicted octanol–water partition coefficient (Wildman–Crippen LogP) is 4.14. The minimum absolute atomic E-state index is 0.179. The van der Waals surface area contributed by atoms with Crippen LogP contribution in [0.5, 0.6) is 0 Å². The molecule has 0 radical (unpaired) electrons. The van der Waals surface area contributed by atoms with Crippen LogP contribution in [0.1, 0.15) is 46.0 Å². The van der Waals surface area contributed by atoms with E-state index in [1.165, 1.54) is 0 Å². The first-order valence-corrected chi connectivity index (χ1v) is 8.02. The third-order valence-electron chi connectivity index (χ3n) is 3.09. The minimum atomic E-state index is -1.31. The summed E-state index contributed by atoms with van der Waals surface area (Å²) in [4.78, 5) is 24.8. The van der Waals surface area contributed by atoms with Gasteiger partial charge in [0.05, 0.1) is 13.2 Å². The molecule has 4 nitrogen and oxygen atoms in total. The summed E-state index contributed by atoms with van der Waals surface area (Å²) >= 11 is 3.25. The highest BCUT2D eigenvalue weighted by atomic mass is 79.9. The Labute approximate surface area is 135 Å². The quantitative estimate of drug-likeness (QED) is 0.240. The second-order valence-electron chi connectivity index (χ2n) is 4.75. The van der Waals surface area contributed by atoms with Gasteiger partial charge in [0, 0.05) is 6.42 Å². The van der Waals surface area contributed by atoms with E-state index in [1.807, 2.05) is 6.08 Å². The van der Waals surface area contributed by atoms with E-state index in [0.717, 1.165) is 12.8 Å². The summed E-state index contributed by atoms with van der Waals surface area (Å²) in [5.74, 6) is -1.08. The Balaban J connectivity index is 5.27. The first kappa shape index (κ1) is 19.9. The molecule has 5 heteroatoms. The second-order valence-corrected chi connectivity index (χ2v) is 5.87. The summed E-state index contributed by atoms with van der Waals surface area (Å²) in [5.41, 5.74) is -1.31. The Morgan fingerprint density at radius 2 is 1.67 bits per heavy atom.